The predicted molar refractivity (Wildman–Crippen MR) is 99.0 cm³/mol. The van der Waals surface area contributed by atoms with Crippen LogP contribution in [0.15, 0.2) is 36.7 Å². The second-order valence-corrected chi connectivity index (χ2v) is 6.68. The normalized spacial score (nSPS) is 19.5. The summed E-state index contributed by atoms with van der Waals surface area (Å²) in [6, 6.07) is 7.92. The molecule has 1 aromatic heterocycles. The van der Waals surface area contributed by atoms with Crippen LogP contribution >= 0.6 is 0 Å². The molecular formula is C20H27N3O3. The van der Waals surface area contributed by atoms with Crippen LogP contribution in [-0.2, 0) is 16.1 Å². The number of nitrogens with zero attached hydrogens (tertiary/aromatic N) is 3. The number of rotatable bonds is 7. The van der Waals surface area contributed by atoms with Gasteiger partial charge in [0, 0.05) is 32.6 Å². The fraction of sp³-hybridized carbons (Fsp3) is 0.500. The maximum absolute atomic E-state index is 12.9. The quantitative estimate of drug-likeness (QED) is 0.765. The maximum Gasteiger partial charge on any atom is 0.228 e. The molecular weight excluding hydrogens is 330 g/mol. The number of imidazole rings is 1. The lowest BCUT2D eigenvalue weighted by Crippen LogP contribution is -2.37. The van der Waals surface area contributed by atoms with Gasteiger partial charge in [-0.3, -0.25) is 4.79 Å². The minimum absolute atomic E-state index is 0.0886. The van der Waals surface area contributed by atoms with Gasteiger partial charge in [-0.25, -0.2) is 4.98 Å². The average Bonchev–Trinajstić information content (AvgIpc) is 3.30. The average molecular weight is 357 g/mol. The third-order valence-corrected chi connectivity index (χ3v) is 4.84. The van der Waals surface area contributed by atoms with Gasteiger partial charge in [0.05, 0.1) is 12.5 Å². The molecule has 140 valence electrons. The van der Waals surface area contributed by atoms with Gasteiger partial charge < -0.3 is 18.9 Å². The maximum atomic E-state index is 12.9. The summed E-state index contributed by atoms with van der Waals surface area (Å²) in [5.41, 5.74) is 1.20. The van der Waals surface area contributed by atoms with E-state index >= 15 is 0 Å². The zero-order valence-electron chi connectivity index (χ0n) is 15.7. The lowest BCUT2D eigenvalue weighted by atomic mass is 9.99. The molecule has 0 aliphatic carbocycles. The highest BCUT2D eigenvalue weighted by Crippen LogP contribution is 2.34. The van der Waals surface area contributed by atoms with E-state index in [9.17, 15) is 4.79 Å². The van der Waals surface area contributed by atoms with Crippen LogP contribution < -0.4 is 4.74 Å². The van der Waals surface area contributed by atoms with Crippen molar-refractivity contribution in [3.63, 3.8) is 0 Å². The van der Waals surface area contributed by atoms with Gasteiger partial charge in [0.2, 0.25) is 5.91 Å². The number of hydrogen-bond acceptors (Lipinski definition) is 4. The zero-order valence-corrected chi connectivity index (χ0v) is 15.7. The van der Waals surface area contributed by atoms with E-state index in [-0.39, 0.29) is 17.9 Å². The van der Waals surface area contributed by atoms with Crippen molar-refractivity contribution in [1.29, 1.82) is 0 Å². The molecule has 0 bridgehead atoms. The van der Waals surface area contributed by atoms with Gasteiger partial charge in [0.25, 0.3) is 0 Å². The third-order valence-electron chi connectivity index (χ3n) is 4.84. The molecule has 0 N–H and O–H groups in total. The van der Waals surface area contributed by atoms with Crippen molar-refractivity contribution in [1.82, 2.24) is 14.5 Å². The molecule has 6 nitrogen and oxygen atoms in total. The minimum Gasteiger partial charge on any atom is -0.492 e. The summed E-state index contributed by atoms with van der Waals surface area (Å²) in [6.45, 7) is 6.51. The van der Waals surface area contributed by atoms with Gasteiger partial charge in [-0.15, -0.1) is 0 Å². The number of hydrogen-bond donors (Lipinski definition) is 0. The molecule has 1 aliphatic heterocycles. The smallest absolute Gasteiger partial charge is 0.228 e. The highest BCUT2D eigenvalue weighted by molar-refractivity contribution is 5.79. The molecule has 0 unspecified atom stereocenters. The molecule has 0 spiro atoms. The van der Waals surface area contributed by atoms with Crippen molar-refractivity contribution in [3.8, 4) is 5.75 Å². The fourth-order valence-electron chi connectivity index (χ4n) is 3.27. The van der Waals surface area contributed by atoms with Crippen molar-refractivity contribution in [2.24, 2.45) is 5.92 Å². The molecule has 3 rings (SSSR count). The molecule has 0 saturated carbocycles. The van der Waals surface area contributed by atoms with Gasteiger partial charge in [-0.2, -0.15) is 0 Å². The number of benzene rings is 1. The van der Waals surface area contributed by atoms with Gasteiger partial charge in [-0.05, 0) is 32.4 Å². The van der Waals surface area contributed by atoms with Crippen molar-refractivity contribution < 1.29 is 14.3 Å². The largest absolute Gasteiger partial charge is 0.492 e. The Morgan fingerprint density at radius 3 is 2.88 bits per heavy atom. The monoisotopic (exact) mass is 357 g/mol. The molecule has 2 aromatic rings. The van der Waals surface area contributed by atoms with Gasteiger partial charge in [0.1, 0.15) is 24.3 Å². The molecule has 6 heteroatoms. The highest BCUT2D eigenvalue weighted by atomic mass is 16.5. The molecule has 1 aliphatic rings. The number of aryl methyl sites for hydroxylation is 2. The summed E-state index contributed by atoms with van der Waals surface area (Å²) in [7, 11) is 1.82. The van der Waals surface area contributed by atoms with Gasteiger partial charge in [-0.1, -0.05) is 17.7 Å². The lowest BCUT2D eigenvalue weighted by Gasteiger charge is -2.24. The molecule has 0 radical (unpaired) electrons. The van der Waals surface area contributed by atoms with Crippen molar-refractivity contribution in [2.45, 2.75) is 32.9 Å². The molecule has 26 heavy (non-hydrogen) atoms. The zero-order chi connectivity index (χ0) is 18.5. The summed E-state index contributed by atoms with van der Waals surface area (Å²) in [5.74, 6) is 1.56. The van der Waals surface area contributed by atoms with Crippen LogP contribution in [-0.4, -0.2) is 47.2 Å². The first-order valence-corrected chi connectivity index (χ1v) is 9.17. The molecule has 1 saturated heterocycles. The first-order chi connectivity index (χ1) is 12.6. The van der Waals surface area contributed by atoms with Crippen molar-refractivity contribution in [2.75, 3.05) is 26.8 Å². The van der Waals surface area contributed by atoms with Crippen LogP contribution in [0.2, 0.25) is 0 Å². The Bertz CT molecular complexity index is 726. The standard InChI is InChI=1S/C20H27N3O3/c1-4-23-11-10-21-19(23)18-17(9-13-26-18)20(24)22(3)12-14-25-16-7-5-15(2)6-8-16/h5-8,10-11,17-18H,4,9,12-14H2,1-3H3/t17-,18-/m1/s1. The summed E-state index contributed by atoms with van der Waals surface area (Å²) in [4.78, 5) is 19.0. The number of amides is 1. The van der Waals surface area contributed by atoms with E-state index in [1.54, 1.807) is 11.1 Å². The highest BCUT2D eigenvalue weighted by Gasteiger charge is 2.38. The van der Waals surface area contributed by atoms with Crippen LogP contribution in [0.1, 0.15) is 30.8 Å². The Morgan fingerprint density at radius 1 is 1.38 bits per heavy atom. The topological polar surface area (TPSA) is 56.6 Å². The van der Waals surface area contributed by atoms with E-state index in [0.717, 1.165) is 24.5 Å². The number of aromatic nitrogens is 2. The van der Waals surface area contributed by atoms with Crippen molar-refractivity contribution >= 4 is 5.91 Å². The van der Waals surface area contributed by atoms with Crippen molar-refractivity contribution in [3.05, 3.63) is 48.0 Å². The van der Waals surface area contributed by atoms with Crippen LogP contribution in [0.25, 0.3) is 0 Å². The minimum atomic E-state index is -0.266. The number of likely N-dealkylation sites (N-methyl/N-ethyl adjacent to an activating group) is 1. The Kier molecular flexibility index (Phi) is 5.93. The summed E-state index contributed by atoms with van der Waals surface area (Å²) in [5, 5.41) is 0. The first-order valence-electron chi connectivity index (χ1n) is 9.17. The molecule has 2 heterocycles. The van der Waals surface area contributed by atoms with E-state index in [2.05, 4.69) is 11.9 Å². The Morgan fingerprint density at radius 2 is 2.15 bits per heavy atom. The molecule has 2 atom stereocenters. The van der Waals surface area contributed by atoms with Crippen LogP contribution in [0.3, 0.4) is 0 Å². The Hall–Kier alpha value is -2.34. The van der Waals surface area contributed by atoms with E-state index in [1.807, 2.05) is 49.0 Å². The lowest BCUT2D eigenvalue weighted by molar-refractivity contribution is -0.136. The van der Waals surface area contributed by atoms with E-state index < -0.39 is 0 Å². The number of carbonyl (C=O) groups is 1. The second-order valence-electron chi connectivity index (χ2n) is 6.68. The van der Waals surface area contributed by atoms with Gasteiger partial charge in [0.15, 0.2) is 0 Å². The first kappa shape index (κ1) is 18.5. The summed E-state index contributed by atoms with van der Waals surface area (Å²) >= 11 is 0. The third kappa shape index (κ3) is 4.07. The van der Waals surface area contributed by atoms with Crippen LogP contribution in [0.5, 0.6) is 5.75 Å². The second kappa shape index (κ2) is 8.36. The van der Waals surface area contributed by atoms with Crippen LogP contribution in [0, 0.1) is 12.8 Å². The summed E-state index contributed by atoms with van der Waals surface area (Å²) in [6.07, 6.45) is 4.15. The van der Waals surface area contributed by atoms with Crippen LogP contribution in [0.4, 0.5) is 0 Å². The van der Waals surface area contributed by atoms with E-state index in [0.29, 0.717) is 19.8 Å². The number of carbonyl (C=O) groups excluding carboxylic acids is 1. The summed E-state index contributed by atoms with van der Waals surface area (Å²) < 4.78 is 13.6. The van der Waals surface area contributed by atoms with E-state index in [4.69, 9.17) is 9.47 Å². The number of ether oxygens (including phenoxy) is 2. The molecule has 1 amide bonds. The van der Waals surface area contributed by atoms with Gasteiger partial charge >= 0.3 is 0 Å². The SMILES string of the molecule is CCn1ccnc1[C@@H]1OCC[C@H]1C(=O)N(C)CCOc1ccc(C)cc1. The van der Waals surface area contributed by atoms with E-state index in [1.165, 1.54) is 5.56 Å². The fourth-order valence-corrected chi connectivity index (χ4v) is 3.27. The Labute approximate surface area is 154 Å². The molecule has 1 aromatic carbocycles. The predicted octanol–water partition coefficient (Wildman–Crippen LogP) is 2.83. The Balaban J connectivity index is 1.56. The molecule has 1 fully saturated rings.